The number of thioether (sulfide) groups is 1. The van der Waals surface area contributed by atoms with Crippen LogP contribution in [-0.4, -0.2) is 39.3 Å². The number of rotatable bonds is 7. The second kappa shape index (κ2) is 9.31. The molecule has 1 saturated carbocycles. The molecule has 0 aliphatic heterocycles. The first-order chi connectivity index (χ1) is 14.0. The number of nitrogens with one attached hydrogen (secondary N) is 1. The standard InChI is InChI=1S/C21H26N4O3S/c1-3-25-17-9-8-15(19(27)28-4-2)12-16(17)23-20(25)29-13-18(26)24-21(14-22)10-6-5-7-11-21/h8-9,12H,3-7,10-11,13H2,1-2H3,(H,24,26). The first-order valence-corrected chi connectivity index (χ1v) is 11.0. The van der Waals surface area contributed by atoms with Crippen LogP contribution in [0.2, 0.25) is 0 Å². The fraction of sp³-hybridized carbons (Fsp3) is 0.524. The van der Waals surface area contributed by atoms with Crippen molar-refractivity contribution in [3.8, 4) is 6.07 Å². The molecule has 0 unspecified atom stereocenters. The van der Waals surface area contributed by atoms with Gasteiger partial charge in [-0.15, -0.1) is 0 Å². The lowest BCUT2D eigenvalue weighted by Crippen LogP contribution is -2.49. The predicted octanol–water partition coefficient (Wildman–Crippen LogP) is 3.67. The number of nitrogens with zero attached hydrogens (tertiary/aromatic N) is 3. The maximum Gasteiger partial charge on any atom is 0.338 e. The fourth-order valence-corrected chi connectivity index (χ4v) is 4.60. The van der Waals surface area contributed by atoms with Crippen LogP contribution in [0.5, 0.6) is 0 Å². The summed E-state index contributed by atoms with van der Waals surface area (Å²) in [7, 11) is 0. The van der Waals surface area contributed by atoms with Crippen molar-refractivity contribution in [1.29, 1.82) is 5.26 Å². The molecule has 1 heterocycles. The van der Waals surface area contributed by atoms with Crippen molar-refractivity contribution in [3.05, 3.63) is 23.8 Å². The number of amides is 1. The summed E-state index contributed by atoms with van der Waals surface area (Å²) in [5.41, 5.74) is 1.34. The van der Waals surface area contributed by atoms with Gasteiger partial charge in [-0.2, -0.15) is 5.26 Å². The van der Waals surface area contributed by atoms with Crippen LogP contribution >= 0.6 is 11.8 Å². The Bertz CT molecular complexity index is 941. The summed E-state index contributed by atoms with van der Waals surface area (Å²) in [5.74, 6) is -0.332. The zero-order valence-corrected chi connectivity index (χ0v) is 17.7. The zero-order valence-electron chi connectivity index (χ0n) is 16.9. The van der Waals surface area contributed by atoms with Crippen LogP contribution in [0.15, 0.2) is 23.4 Å². The number of aromatic nitrogens is 2. The average molecular weight is 415 g/mol. The Balaban J connectivity index is 1.73. The van der Waals surface area contributed by atoms with Crippen LogP contribution in [0.25, 0.3) is 11.0 Å². The molecule has 2 aromatic rings. The van der Waals surface area contributed by atoms with Gasteiger partial charge in [-0.1, -0.05) is 31.0 Å². The van der Waals surface area contributed by atoms with Crippen LogP contribution in [0, 0.1) is 11.3 Å². The SMILES string of the molecule is CCOC(=O)c1ccc2c(c1)nc(SCC(=O)NC1(C#N)CCCCC1)n2CC. The highest BCUT2D eigenvalue weighted by molar-refractivity contribution is 7.99. The molecule has 3 rings (SSSR count). The molecule has 1 fully saturated rings. The van der Waals surface area contributed by atoms with Crippen LogP contribution in [-0.2, 0) is 16.1 Å². The van der Waals surface area contributed by atoms with Gasteiger partial charge >= 0.3 is 5.97 Å². The van der Waals surface area contributed by atoms with Gasteiger partial charge in [-0.3, -0.25) is 4.79 Å². The van der Waals surface area contributed by atoms with E-state index in [1.807, 2.05) is 17.6 Å². The Morgan fingerprint density at radius 1 is 1.31 bits per heavy atom. The molecular formula is C21H26N4O3S. The second-order valence-electron chi connectivity index (χ2n) is 7.15. The maximum absolute atomic E-state index is 12.5. The molecule has 1 aliphatic rings. The Kier molecular flexibility index (Phi) is 6.80. The smallest absolute Gasteiger partial charge is 0.338 e. The largest absolute Gasteiger partial charge is 0.462 e. The number of ether oxygens (including phenoxy) is 1. The first-order valence-electron chi connectivity index (χ1n) is 10.0. The molecule has 7 nitrogen and oxygen atoms in total. The van der Waals surface area contributed by atoms with Gasteiger partial charge in [-0.25, -0.2) is 9.78 Å². The molecule has 1 aromatic heterocycles. The Morgan fingerprint density at radius 3 is 2.72 bits per heavy atom. The van der Waals surface area contributed by atoms with E-state index >= 15 is 0 Å². The highest BCUT2D eigenvalue weighted by atomic mass is 32.2. The number of fused-ring (bicyclic) bond motifs is 1. The molecule has 0 bridgehead atoms. The molecule has 0 atom stereocenters. The number of nitriles is 1. The maximum atomic E-state index is 12.5. The highest BCUT2D eigenvalue weighted by Gasteiger charge is 2.33. The Labute approximate surface area is 174 Å². The van der Waals surface area contributed by atoms with Gasteiger partial charge in [0.2, 0.25) is 5.91 Å². The van der Waals surface area contributed by atoms with Crippen molar-refractivity contribution in [2.24, 2.45) is 0 Å². The number of aryl methyl sites for hydroxylation is 1. The summed E-state index contributed by atoms with van der Waals surface area (Å²) in [6, 6.07) is 7.62. The van der Waals surface area contributed by atoms with Gasteiger partial charge in [0.15, 0.2) is 5.16 Å². The molecular weight excluding hydrogens is 388 g/mol. The third-order valence-electron chi connectivity index (χ3n) is 5.17. The molecule has 29 heavy (non-hydrogen) atoms. The van der Waals surface area contributed by atoms with Gasteiger partial charge in [0.25, 0.3) is 0 Å². The molecule has 1 N–H and O–H groups in total. The van der Waals surface area contributed by atoms with E-state index in [9.17, 15) is 14.9 Å². The monoisotopic (exact) mass is 414 g/mol. The average Bonchev–Trinajstić information content (AvgIpc) is 3.09. The van der Waals surface area contributed by atoms with Gasteiger partial charge in [0, 0.05) is 6.54 Å². The molecule has 0 spiro atoms. The minimum atomic E-state index is -0.727. The normalized spacial score (nSPS) is 15.6. The topological polar surface area (TPSA) is 97.0 Å². The van der Waals surface area contributed by atoms with E-state index in [-0.39, 0.29) is 17.6 Å². The van der Waals surface area contributed by atoms with Crippen molar-refractivity contribution in [2.75, 3.05) is 12.4 Å². The summed E-state index contributed by atoms with van der Waals surface area (Å²) in [4.78, 5) is 29.1. The quantitative estimate of drug-likeness (QED) is 0.548. The van der Waals surface area contributed by atoms with Gasteiger partial charge in [0.05, 0.1) is 35.0 Å². The lowest BCUT2D eigenvalue weighted by atomic mass is 9.83. The van der Waals surface area contributed by atoms with Gasteiger partial charge in [-0.05, 0) is 44.9 Å². The van der Waals surface area contributed by atoms with E-state index < -0.39 is 5.54 Å². The van der Waals surface area contributed by atoms with Crippen LogP contribution < -0.4 is 5.32 Å². The van der Waals surface area contributed by atoms with Crippen molar-refractivity contribution in [3.63, 3.8) is 0 Å². The Hall–Kier alpha value is -2.53. The molecule has 1 amide bonds. The zero-order chi connectivity index (χ0) is 20.9. The van der Waals surface area contributed by atoms with E-state index in [2.05, 4.69) is 16.4 Å². The minimum absolute atomic E-state index is 0.152. The van der Waals surface area contributed by atoms with E-state index in [0.717, 1.165) is 24.8 Å². The summed E-state index contributed by atoms with van der Waals surface area (Å²) in [5, 5.41) is 13.2. The van der Waals surface area contributed by atoms with Crippen molar-refractivity contribution in [2.45, 2.75) is 63.2 Å². The minimum Gasteiger partial charge on any atom is -0.462 e. The van der Waals surface area contributed by atoms with Crippen molar-refractivity contribution < 1.29 is 14.3 Å². The van der Waals surface area contributed by atoms with Crippen molar-refractivity contribution >= 4 is 34.7 Å². The van der Waals surface area contributed by atoms with E-state index in [0.29, 0.717) is 42.2 Å². The first kappa shape index (κ1) is 21.2. The van der Waals surface area contributed by atoms with Gasteiger partial charge in [0.1, 0.15) is 5.54 Å². The molecule has 0 radical (unpaired) electrons. The van der Waals surface area contributed by atoms with E-state index in [1.165, 1.54) is 11.8 Å². The van der Waals surface area contributed by atoms with E-state index in [1.54, 1.807) is 19.1 Å². The molecule has 8 heteroatoms. The van der Waals surface area contributed by atoms with Crippen LogP contribution in [0.4, 0.5) is 0 Å². The summed E-state index contributed by atoms with van der Waals surface area (Å²) >= 11 is 1.34. The number of hydrogen-bond acceptors (Lipinski definition) is 6. The lowest BCUT2D eigenvalue weighted by molar-refractivity contribution is -0.120. The third-order valence-corrected chi connectivity index (χ3v) is 6.15. The predicted molar refractivity (Wildman–Crippen MR) is 112 cm³/mol. The summed E-state index contributed by atoms with van der Waals surface area (Å²) < 4.78 is 7.07. The van der Waals surface area contributed by atoms with Gasteiger partial charge < -0.3 is 14.6 Å². The van der Waals surface area contributed by atoms with E-state index in [4.69, 9.17) is 4.74 Å². The van der Waals surface area contributed by atoms with Crippen molar-refractivity contribution in [1.82, 2.24) is 14.9 Å². The summed E-state index contributed by atoms with van der Waals surface area (Å²) in [6.07, 6.45) is 4.47. The van der Waals surface area contributed by atoms with Crippen LogP contribution in [0.3, 0.4) is 0 Å². The lowest BCUT2D eigenvalue weighted by Gasteiger charge is -2.31. The van der Waals surface area contributed by atoms with Crippen LogP contribution in [0.1, 0.15) is 56.3 Å². The number of carbonyl (C=O) groups is 2. The molecule has 0 saturated heterocycles. The Morgan fingerprint density at radius 2 is 2.07 bits per heavy atom. The number of benzene rings is 1. The molecule has 1 aliphatic carbocycles. The number of imidazole rings is 1. The molecule has 154 valence electrons. The second-order valence-corrected chi connectivity index (χ2v) is 8.10. The fourth-order valence-electron chi connectivity index (χ4n) is 3.72. The number of esters is 1. The number of hydrogen-bond donors (Lipinski definition) is 1. The molecule has 1 aromatic carbocycles. The third kappa shape index (κ3) is 4.73. The highest BCUT2D eigenvalue weighted by Crippen LogP contribution is 2.29. The summed E-state index contributed by atoms with van der Waals surface area (Å²) in [6.45, 7) is 4.80. The number of carbonyl (C=O) groups excluding carboxylic acids is 2.